The fourth-order valence-corrected chi connectivity index (χ4v) is 3.30. The standard InChI is InChI=1S/C20H28N4O3/c1-15-18(16(2)24(23-15)13-17-6-4-3-5-7-17)12-21-19(25)22-14-20(26)8-10-27-11-9-20/h3-7,26H,8-14H2,1-2H3,(H2,21,22,25). The second kappa shape index (κ2) is 8.54. The molecule has 0 aliphatic carbocycles. The van der Waals surface area contributed by atoms with Gasteiger partial charge in [-0.2, -0.15) is 5.10 Å². The van der Waals surface area contributed by atoms with E-state index in [1.165, 1.54) is 5.56 Å². The van der Waals surface area contributed by atoms with Gasteiger partial charge < -0.3 is 20.5 Å². The molecule has 2 heterocycles. The lowest BCUT2D eigenvalue weighted by Crippen LogP contribution is -2.49. The van der Waals surface area contributed by atoms with Gasteiger partial charge in [0.15, 0.2) is 0 Å². The number of aromatic nitrogens is 2. The van der Waals surface area contributed by atoms with Gasteiger partial charge in [0.1, 0.15) is 0 Å². The van der Waals surface area contributed by atoms with Gasteiger partial charge >= 0.3 is 6.03 Å². The normalized spacial score (nSPS) is 16.1. The molecule has 27 heavy (non-hydrogen) atoms. The predicted molar refractivity (Wildman–Crippen MR) is 102 cm³/mol. The average Bonchev–Trinajstić information content (AvgIpc) is 2.93. The van der Waals surface area contributed by atoms with Crippen molar-refractivity contribution >= 4 is 6.03 Å². The summed E-state index contributed by atoms with van der Waals surface area (Å²) in [6, 6.07) is 9.88. The Morgan fingerprint density at radius 1 is 1.22 bits per heavy atom. The maximum absolute atomic E-state index is 12.1. The van der Waals surface area contributed by atoms with Crippen molar-refractivity contribution in [2.45, 2.75) is 45.4 Å². The molecule has 1 aromatic heterocycles. The number of ether oxygens (including phenoxy) is 1. The van der Waals surface area contributed by atoms with Crippen LogP contribution in [-0.2, 0) is 17.8 Å². The zero-order valence-corrected chi connectivity index (χ0v) is 16.0. The number of hydrogen-bond acceptors (Lipinski definition) is 4. The Hall–Kier alpha value is -2.38. The van der Waals surface area contributed by atoms with Crippen molar-refractivity contribution < 1.29 is 14.6 Å². The van der Waals surface area contributed by atoms with E-state index in [1.54, 1.807) is 0 Å². The Morgan fingerprint density at radius 2 is 1.93 bits per heavy atom. The van der Waals surface area contributed by atoms with Gasteiger partial charge in [0.2, 0.25) is 0 Å². The minimum atomic E-state index is -0.873. The fraction of sp³-hybridized carbons (Fsp3) is 0.500. The molecular weight excluding hydrogens is 344 g/mol. The topological polar surface area (TPSA) is 88.4 Å². The maximum Gasteiger partial charge on any atom is 0.315 e. The van der Waals surface area contributed by atoms with E-state index >= 15 is 0 Å². The van der Waals surface area contributed by atoms with Crippen molar-refractivity contribution in [3.05, 3.63) is 52.8 Å². The van der Waals surface area contributed by atoms with E-state index in [2.05, 4.69) is 27.9 Å². The van der Waals surface area contributed by atoms with Crippen LogP contribution in [0.5, 0.6) is 0 Å². The highest BCUT2D eigenvalue weighted by molar-refractivity contribution is 5.74. The summed E-state index contributed by atoms with van der Waals surface area (Å²) >= 11 is 0. The van der Waals surface area contributed by atoms with Gasteiger partial charge in [0.25, 0.3) is 0 Å². The molecule has 1 fully saturated rings. The molecule has 7 nitrogen and oxygen atoms in total. The van der Waals surface area contributed by atoms with Crippen molar-refractivity contribution in [3.8, 4) is 0 Å². The molecule has 146 valence electrons. The average molecular weight is 372 g/mol. The van der Waals surface area contributed by atoms with E-state index in [1.807, 2.05) is 36.7 Å². The Kier molecular flexibility index (Phi) is 6.13. The van der Waals surface area contributed by atoms with Gasteiger partial charge in [-0.05, 0) is 19.4 Å². The van der Waals surface area contributed by atoms with Crippen molar-refractivity contribution in [1.29, 1.82) is 0 Å². The Bertz CT molecular complexity index is 767. The zero-order valence-electron chi connectivity index (χ0n) is 16.0. The monoisotopic (exact) mass is 372 g/mol. The first-order chi connectivity index (χ1) is 13.0. The van der Waals surface area contributed by atoms with Crippen LogP contribution in [0.4, 0.5) is 4.79 Å². The molecular formula is C20H28N4O3. The molecule has 0 radical (unpaired) electrons. The molecule has 0 atom stereocenters. The van der Waals surface area contributed by atoms with Gasteiger partial charge in [-0.15, -0.1) is 0 Å². The minimum absolute atomic E-state index is 0.230. The van der Waals surface area contributed by atoms with Gasteiger partial charge in [-0.1, -0.05) is 30.3 Å². The summed E-state index contributed by atoms with van der Waals surface area (Å²) in [5.74, 6) is 0. The smallest absolute Gasteiger partial charge is 0.315 e. The Morgan fingerprint density at radius 3 is 2.63 bits per heavy atom. The number of nitrogens with zero attached hydrogens (tertiary/aromatic N) is 2. The molecule has 0 unspecified atom stereocenters. The highest BCUT2D eigenvalue weighted by Gasteiger charge is 2.30. The summed E-state index contributed by atoms with van der Waals surface area (Å²) in [7, 11) is 0. The van der Waals surface area contributed by atoms with Crippen LogP contribution >= 0.6 is 0 Å². The molecule has 3 N–H and O–H groups in total. The molecule has 2 aromatic rings. The predicted octanol–water partition coefficient (Wildman–Crippen LogP) is 1.89. The summed E-state index contributed by atoms with van der Waals surface area (Å²) in [6.45, 7) is 6.36. The first-order valence-electron chi connectivity index (χ1n) is 9.35. The van der Waals surface area contributed by atoms with E-state index in [-0.39, 0.29) is 12.6 Å². The molecule has 1 aliphatic heterocycles. The molecule has 7 heteroatoms. The van der Waals surface area contributed by atoms with Crippen LogP contribution in [0.15, 0.2) is 30.3 Å². The van der Waals surface area contributed by atoms with E-state index in [4.69, 9.17) is 4.74 Å². The van der Waals surface area contributed by atoms with Gasteiger partial charge in [-0.25, -0.2) is 4.79 Å². The van der Waals surface area contributed by atoms with Crippen LogP contribution in [0.25, 0.3) is 0 Å². The molecule has 1 saturated heterocycles. The zero-order chi connectivity index (χ0) is 19.3. The molecule has 1 aromatic carbocycles. The highest BCUT2D eigenvalue weighted by atomic mass is 16.5. The second-order valence-electron chi connectivity index (χ2n) is 7.17. The van der Waals surface area contributed by atoms with Crippen LogP contribution in [0.1, 0.15) is 35.4 Å². The molecule has 1 aliphatic rings. The minimum Gasteiger partial charge on any atom is -0.388 e. The van der Waals surface area contributed by atoms with E-state index in [0.29, 0.717) is 39.1 Å². The first-order valence-corrected chi connectivity index (χ1v) is 9.35. The third-order valence-corrected chi connectivity index (χ3v) is 5.13. The van der Waals surface area contributed by atoms with Gasteiger partial charge in [0.05, 0.1) is 17.8 Å². The van der Waals surface area contributed by atoms with Crippen molar-refractivity contribution in [2.75, 3.05) is 19.8 Å². The van der Waals surface area contributed by atoms with Crippen molar-refractivity contribution in [2.24, 2.45) is 0 Å². The Labute approximate surface area is 159 Å². The summed E-state index contributed by atoms with van der Waals surface area (Å²) in [5.41, 5.74) is 3.28. The number of rotatable bonds is 6. The van der Waals surface area contributed by atoms with Crippen LogP contribution < -0.4 is 10.6 Å². The number of carbonyl (C=O) groups is 1. The number of aryl methyl sites for hydroxylation is 1. The molecule has 0 spiro atoms. The summed E-state index contributed by atoms with van der Waals surface area (Å²) in [4.78, 5) is 12.1. The summed E-state index contributed by atoms with van der Waals surface area (Å²) in [5, 5.41) is 20.6. The fourth-order valence-electron chi connectivity index (χ4n) is 3.30. The third kappa shape index (κ3) is 5.08. The molecule has 0 saturated carbocycles. The van der Waals surface area contributed by atoms with Gasteiger partial charge in [-0.3, -0.25) is 4.68 Å². The summed E-state index contributed by atoms with van der Waals surface area (Å²) < 4.78 is 7.21. The maximum atomic E-state index is 12.1. The largest absolute Gasteiger partial charge is 0.388 e. The van der Waals surface area contributed by atoms with E-state index in [9.17, 15) is 9.90 Å². The van der Waals surface area contributed by atoms with Gasteiger partial charge in [0, 0.05) is 50.4 Å². The number of amides is 2. The van der Waals surface area contributed by atoms with Crippen molar-refractivity contribution in [1.82, 2.24) is 20.4 Å². The number of urea groups is 1. The number of aliphatic hydroxyl groups is 1. The highest BCUT2D eigenvalue weighted by Crippen LogP contribution is 2.19. The van der Waals surface area contributed by atoms with Crippen LogP contribution in [-0.4, -0.2) is 46.3 Å². The van der Waals surface area contributed by atoms with Crippen LogP contribution in [0.3, 0.4) is 0 Å². The van der Waals surface area contributed by atoms with Crippen molar-refractivity contribution in [3.63, 3.8) is 0 Å². The number of benzene rings is 1. The Balaban J connectivity index is 1.53. The quantitative estimate of drug-likeness (QED) is 0.722. The molecule has 3 rings (SSSR count). The van der Waals surface area contributed by atoms with Crippen LogP contribution in [0, 0.1) is 13.8 Å². The second-order valence-corrected chi connectivity index (χ2v) is 7.17. The molecule has 2 amide bonds. The summed E-state index contributed by atoms with van der Waals surface area (Å²) in [6.07, 6.45) is 1.08. The third-order valence-electron chi connectivity index (χ3n) is 5.13. The van der Waals surface area contributed by atoms with E-state index in [0.717, 1.165) is 17.0 Å². The lowest BCUT2D eigenvalue weighted by molar-refractivity contribution is -0.0600. The number of hydrogen-bond donors (Lipinski definition) is 3. The lowest BCUT2D eigenvalue weighted by atomic mass is 9.94. The molecule has 0 bridgehead atoms. The lowest BCUT2D eigenvalue weighted by Gasteiger charge is -2.32. The first kappa shape index (κ1) is 19.4. The number of carbonyl (C=O) groups excluding carboxylic acids is 1. The van der Waals surface area contributed by atoms with E-state index < -0.39 is 5.60 Å². The van der Waals surface area contributed by atoms with Crippen LogP contribution in [0.2, 0.25) is 0 Å². The number of nitrogens with one attached hydrogen (secondary N) is 2. The SMILES string of the molecule is Cc1nn(Cc2ccccc2)c(C)c1CNC(=O)NCC1(O)CCOCC1.